The van der Waals surface area contributed by atoms with Gasteiger partial charge in [-0.1, -0.05) is 18.5 Å². The van der Waals surface area contributed by atoms with Gasteiger partial charge in [0.2, 0.25) is 5.89 Å². The van der Waals surface area contributed by atoms with Crippen LogP contribution in [-0.4, -0.2) is 30.3 Å². The van der Waals surface area contributed by atoms with Crippen molar-refractivity contribution in [3.8, 4) is 0 Å². The van der Waals surface area contributed by atoms with Crippen LogP contribution in [0.2, 0.25) is 0 Å². The van der Waals surface area contributed by atoms with E-state index in [1.165, 1.54) is 0 Å². The molecule has 0 aliphatic carbocycles. The lowest BCUT2D eigenvalue weighted by molar-refractivity contribution is 0.174. The molecule has 5 heteroatoms. The Morgan fingerprint density at radius 1 is 1.56 bits per heavy atom. The molecular weight excluding hydrogens is 206 g/mol. The predicted octanol–water partition coefficient (Wildman–Crippen LogP) is 1.25. The van der Waals surface area contributed by atoms with Gasteiger partial charge in [0, 0.05) is 13.7 Å². The third-order valence-corrected chi connectivity index (χ3v) is 3.17. The number of nitrogens with zero attached hydrogens (tertiary/aromatic N) is 2. The average molecular weight is 225 g/mol. The van der Waals surface area contributed by atoms with Gasteiger partial charge < -0.3 is 14.6 Å². The monoisotopic (exact) mass is 225 g/mol. The average Bonchev–Trinajstić information content (AvgIpc) is 2.88. The van der Waals surface area contributed by atoms with Crippen molar-refractivity contribution in [2.45, 2.75) is 38.2 Å². The smallest absolute Gasteiger partial charge is 0.234 e. The van der Waals surface area contributed by atoms with Crippen molar-refractivity contribution in [3.63, 3.8) is 0 Å². The molecule has 1 atom stereocenters. The molecule has 2 heterocycles. The second kappa shape index (κ2) is 4.93. The largest absolute Gasteiger partial charge is 0.377 e. The number of rotatable bonds is 5. The highest BCUT2D eigenvalue weighted by atomic mass is 16.5. The first-order chi connectivity index (χ1) is 7.80. The van der Waals surface area contributed by atoms with Crippen molar-refractivity contribution in [3.05, 3.63) is 11.7 Å². The fourth-order valence-electron chi connectivity index (χ4n) is 2.38. The molecule has 1 unspecified atom stereocenters. The quantitative estimate of drug-likeness (QED) is 0.817. The third-order valence-electron chi connectivity index (χ3n) is 3.17. The highest BCUT2D eigenvalue weighted by Crippen LogP contribution is 2.34. The Morgan fingerprint density at radius 2 is 2.44 bits per heavy atom. The summed E-state index contributed by atoms with van der Waals surface area (Å²) < 4.78 is 10.4. The number of hydrogen-bond donors (Lipinski definition) is 1. The summed E-state index contributed by atoms with van der Waals surface area (Å²) in [5.74, 6) is 1.41. The lowest BCUT2D eigenvalue weighted by Crippen LogP contribution is -2.29. The van der Waals surface area contributed by atoms with Gasteiger partial charge in [-0.3, -0.25) is 0 Å². The zero-order chi connectivity index (χ0) is 11.4. The predicted molar refractivity (Wildman–Crippen MR) is 59.1 cm³/mol. The summed E-state index contributed by atoms with van der Waals surface area (Å²) in [6, 6.07) is 0. The first kappa shape index (κ1) is 11.5. The van der Waals surface area contributed by atoms with Gasteiger partial charge in [0.15, 0.2) is 5.82 Å². The molecule has 1 N–H and O–H groups in total. The molecule has 1 fully saturated rings. The fourth-order valence-corrected chi connectivity index (χ4v) is 2.38. The maximum absolute atomic E-state index is 5.38. The molecule has 0 spiro atoms. The zero-order valence-corrected chi connectivity index (χ0v) is 9.95. The lowest BCUT2D eigenvalue weighted by Gasteiger charge is -2.22. The Labute approximate surface area is 95.6 Å². The Morgan fingerprint density at radius 3 is 3.06 bits per heavy atom. The van der Waals surface area contributed by atoms with Crippen molar-refractivity contribution in [2.75, 3.05) is 20.2 Å². The van der Waals surface area contributed by atoms with Crippen molar-refractivity contribution >= 4 is 0 Å². The maximum Gasteiger partial charge on any atom is 0.234 e. The van der Waals surface area contributed by atoms with E-state index in [9.17, 15) is 0 Å². The van der Waals surface area contributed by atoms with Crippen LogP contribution in [0, 0.1) is 0 Å². The minimum absolute atomic E-state index is 0.0493. The van der Waals surface area contributed by atoms with Crippen molar-refractivity contribution < 1.29 is 9.26 Å². The molecule has 0 amide bonds. The number of aromatic nitrogens is 2. The molecule has 1 aromatic heterocycles. The molecule has 2 rings (SSSR count). The molecule has 1 saturated heterocycles. The van der Waals surface area contributed by atoms with E-state index in [1.807, 2.05) is 0 Å². The summed E-state index contributed by atoms with van der Waals surface area (Å²) in [6.07, 6.45) is 3.30. The summed E-state index contributed by atoms with van der Waals surface area (Å²) in [6.45, 7) is 4.57. The first-order valence-corrected chi connectivity index (χ1v) is 5.83. The van der Waals surface area contributed by atoms with Gasteiger partial charge in [-0.25, -0.2) is 0 Å². The zero-order valence-electron chi connectivity index (χ0n) is 9.95. The molecule has 0 saturated carbocycles. The van der Waals surface area contributed by atoms with E-state index in [4.69, 9.17) is 9.26 Å². The Bertz CT molecular complexity index is 332. The number of methoxy groups -OCH3 is 1. The highest BCUT2D eigenvalue weighted by Gasteiger charge is 2.39. The van der Waals surface area contributed by atoms with Crippen molar-refractivity contribution in [1.82, 2.24) is 15.5 Å². The summed E-state index contributed by atoms with van der Waals surface area (Å²) >= 11 is 0. The van der Waals surface area contributed by atoms with Crippen LogP contribution in [0.25, 0.3) is 0 Å². The Kier molecular flexibility index (Phi) is 3.56. The summed E-state index contributed by atoms with van der Waals surface area (Å²) in [5, 5.41) is 7.32. The van der Waals surface area contributed by atoms with Gasteiger partial charge in [-0.2, -0.15) is 4.98 Å². The molecule has 1 aliphatic heterocycles. The SMILES string of the molecule is CCCC1(c2nc(COC)no2)CCNC1. The molecule has 0 radical (unpaired) electrons. The minimum atomic E-state index is 0.0493. The van der Waals surface area contributed by atoms with E-state index in [1.54, 1.807) is 7.11 Å². The number of hydrogen-bond acceptors (Lipinski definition) is 5. The van der Waals surface area contributed by atoms with E-state index >= 15 is 0 Å². The van der Waals surface area contributed by atoms with E-state index in [0.717, 1.165) is 38.2 Å². The molecule has 0 bridgehead atoms. The number of nitrogens with one attached hydrogen (secondary N) is 1. The molecule has 0 aromatic carbocycles. The Hall–Kier alpha value is -0.940. The molecule has 1 aliphatic rings. The van der Waals surface area contributed by atoms with Gasteiger partial charge in [0.25, 0.3) is 0 Å². The molecule has 90 valence electrons. The van der Waals surface area contributed by atoms with Gasteiger partial charge in [0.05, 0.1) is 5.41 Å². The van der Waals surface area contributed by atoms with Crippen LogP contribution >= 0.6 is 0 Å². The van der Waals surface area contributed by atoms with Crippen LogP contribution in [0.1, 0.15) is 37.9 Å². The summed E-state index contributed by atoms with van der Waals surface area (Å²) in [5.41, 5.74) is 0.0493. The normalized spacial score (nSPS) is 25.1. The van der Waals surface area contributed by atoms with Crippen LogP contribution < -0.4 is 5.32 Å². The molecule has 1 aromatic rings. The van der Waals surface area contributed by atoms with Crippen molar-refractivity contribution in [1.29, 1.82) is 0 Å². The van der Waals surface area contributed by atoms with Crippen LogP contribution in [0.3, 0.4) is 0 Å². The summed E-state index contributed by atoms with van der Waals surface area (Å²) in [4.78, 5) is 4.43. The second-order valence-corrected chi connectivity index (χ2v) is 4.41. The van der Waals surface area contributed by atoms with Crippen LogP contribution in [0.4, 0.5) is 0 Å². The van der Waals surface area contributed by atoms with Crippen LogP contribution in [0.5, 0.6) is 0 Å². The second-order valence-electron chi connectivity index (χ2n) is 4.41. The van der Waals surface area contributed by atoms with E-state index in [-0.39, 0.29) is 5.41 Å². The van der Waals surface area contributed by atoms with Crippen LogP contribution in [-0.2, 0) is 16.8 Å². The summed E-state index contributed by atoms with van der Waals surface area (Å²) in [7, 11) is 1.63. The third kappa shape index (κ3) is 2.10. The standard InChI is InChI=1S/C11H19N3O2/c1-3-4-11(5-6-12-8-11)10-13-9(7-15-2)14-16-10/h12H,3-8H2,1-2H3. The molecular formula is C11H19N3O2. The lowest BCUT2D eigenvalue weighted by atomic mass is 9.82. The van der Waals surface area contributed by atoms with Gasteiger partial charge in [0.1, 0.15) is 6.61 Å². The minimum Gasteiger partial charge on any atom is -0.377 e. The molecule has 16 heavy (non-hydrogen) atoms. The van der Waals surface area contributed by atoms with E-state index in [2.05, 4.69) is 22.4 Å². The first-order valence-electron chi connectivity index (χ1n) is 5.83. The van der Waals surface area contributed by atoms with Gasteiger partial charge in [-0.05, 0) is 19.4 Å². The van der Waals surface area contributed by atoms with E-state index < -0.39 is 0 Å². The molecule has 5 nitrogen and oxygen atoms in total. The number of ether oxygens (including phenoxy) is 1. The van der Waals surface area contributed by atoms with Gasteiger partial charge >= 0.3 is 0 Å². The van der Waals surface area contributed by atoms with E-state index in [0.29, 0.717) is 12.4 Å². The maximum atomic E-state index is 5.38. The van der Waals surface area contributed by atoms with Gasteiger partial charge in [-0.15, -0.1) is 0 Å². The fraction of sp³-hybridized carbons (Fsp3) is 0.818. The van der Waals surface area contributed by atoms with Crippen LogP contribution in [0.15, 0.2) is 4.52 Å². The van der Waals surface area contributed by atoms with Crippen molar-refractivity contribution in [2.24, 2.45) is 0 Å². The topological polar surface area (TPSA) is 60.2 Å². The Balaban J connectivity index is 2.18. The highest BCUT2D eigenvalue weighted by molar-refractivity contribution is 5.09.